The number of nitrogens with one attached hydrogen (secondary N) is 1. The van der Waals surface area contributed by atoms with Crippen LogP contribution in [-0.2, 0) is 11.0 Å². The van der Waals surface area contributed by atoms with Gasteiger partial charge in [0.05, 0.1) is 17.7 Å². The highest BCUT2D eigenvalue weighted by Crippen LogP contribution is 2.40. The smallest absolute Gasteiger partial charge is 0.417 e. The van der Waals surface area contributed by atoms with Crippen LogP contribution in [0, 0.1) is 0 Å². The summed E-state index contributed by atoms with van der Waals surface area (Å²) >= 11 is 7.01. The monoisotopic (exact) mass is 452 g/mol. The van der Waals surface area contributed by atoms with Crippen LogP contribution >= 0.6 is 23.4 Å². The molecule has 0 aliphatic carbocycles. The van der Waals surface area contributed by atoms with Crippen LogP contribution in [-0.4, -0.2) is 18.0 Å². The lowest BCUT2D eigenvalue weighted by Gasteiger charge is -2.18. The quantitative estimate of drug-likeness (QED) is 0.450. The predicted octanol–water partition coefficient (Wildman–Crippen LogP) is 6.23. The van der Waals surface area contributed by atoms with Crippen LogP contribution in [0.2, 0.25) is 5.02 Å². The minimum absolute atomic E-state index is 0.124. The van der Waals surface area contributed by atoms with Gasteiger partial charge >= 0.3 is 6.18 Å². The average molecular weight is 453 g/mol. The van der Waals surface area contributed by atoms with E-state index in [1.807, 2.05) is 0 Å². The van der Waals surface area contributed by atoms with Gasteiger partial charge in [-0.2, -0.15) is 13.2 Å². The van der Waals surface area contributed by atoms with Crippen molar-refractivity contribution in [2.45, 2.75) is 16.5 Å². The number of amides is 1. The highest BCUT2D eigenvalue weighted by atomic mass is 35.5. The molecule has 1 atom stereocenters. The molecule has 0 saturated carbocycles. The summed E-state index contributed by atoms with van der Waals surface area (Å²) in [5, 5.41) is 1.96. The fraction of sp³-hybridized carbons (Fsp3) is 0.143. The fourth-order valence-corrected chi connectivity index (χ4v) is 3.86. The molecule has 0 aliphatic heterocycles. The number of rotatable bonds is 6. The summed E-state index contributed by atoms with van der Waals surface area (Å²) < 4.78 is 43.8. The summed E-state index contributed by atoms with van der Waals surface area (Å²) in [5.74, 6) is 0.196. The molecule has 0 fully saturated rings. The molecule has 156 valence electrons. The molecule has 2 aromatic carbocycles. The summed E-state index contributed by atoms with van der Waals surface area (Å²) in [6.07, 6.45) is -3.85. The van der Waals surface area contributed by atoms with Gasteiger partial charge in [0.1, 0.15) is 16.0 Å². The number of ether oxygens (including phenoxy) is 1. The Kier molecular flexibility index (Phi) is 6.89. The van der Waals surface area contributed by atoms with E-state index in [0.29, 0.717) is 23.2 Å². The fourth-order valence-electron chi connectivity index (χ4n) is 2.59. The third-order valence-corrected chi connectivity index (χ3v) is 5.71. The molecule has 0 unspecified atom stereocenters. The number of anilines is 1. The van der Waals surface area contributed by atoms with Crippen molar-refractivity contribution in [1.82, 2.24) is 4.98 Å². The minimum atomic E-state index is -4.55. The molecule has 0 radical (unpaired) electrons. The summed E-state index contributed by atoms with van der Waals surface area (Å²) in [4.78, 5) is 16.9. The molecule has 1 N–H and O–H groups in total. The van der Waals surface area contributed by atoms with Crippen molar-refractivity contribution in [3.63, 3.8) is 0 Å². The van der Waals surface area contributed by atoms with Crippen molar-refractivity contribution in [3.8, 4) is 5.75 Å². The van der Waals surface area contributed by atoms with Gasteiger partial charge in [-0.3, -0.25) is 4.79 Å². The lowest BCUT2D eigenvalue weighted by Crippen LogP contribution is -2.19. The van der Waals surface area contributed by atoms with Gasteiger partial charge < -0.3 is 10.1 Å². The van der Waals surface area contributed by atoms with Crippen LogP contribution in [0.3, 0.4) is 0 Å². The number of aromatic nitrogens is 1. The zero-order valence-corrected chi connectivity index (χ0v) is 17.2. The maximum atomic E-state index is 13.0. The predicted molar refractivity (Wildman–Crippen MR) is 111 cm³/mol. The van der Waals surface area contributed by atoms with Crippen LogP contribution in [0.25, 0.3) is 0 Å². The zero-order chi connectivity index (χ0) is 21.7. The number of carbonyl (C=O) groups excluding carboxylic acids is 1. The van der Waals surface area contributed by atoms with Gasteiger partial charge in [-0.25, -0.2) is 4.98 Å². The topological polar surface area (TPSA) is 51.2 Å². The Labute approximate surface area is 180 Å². The Morgan fingerprint density at radius 1 is 1.13 bits per heavy atom. The van der Waals surface area contributed by atoms with Crippen molar-refractivity contribution in [1.29, 1.82) is 0 Å². The van der Waals surface area contributed by atoms with Crippen LogP contribution in [0.15, 0.2) is 71.9 Å². The van der Waals surface area contributed by atoms with E-state index in [4.69, 9.17) is 16.3 Å². The number of nitrogens with zero attached hydrogens (tertiary/aromatic N) is 1. The van der Waals surface area contributed by atoms with Crippen molar-refractivity contribution >= 4 is 35.0 Å². The molecule has 4 nitrogen and oxygen atoms in total. The van der Waals surface area contributed by atoms with Crippen molar-refractivity contribution in [3.05, 3.63) is 83.0 Å². The van der Waals surface area contributed by atoms with Crippen LogP contribution in [0.4, 0.5) is 18.9 Å². The van der Waals surface area contributed by atoms with E-state index in [2.05, 4.69) is 10.3 Å². The second kappa shape index (κ2) is 9.40. The number of pyridine rings is 1. The summed E-state index contributed by atoms with van der Waals surface area (Å²) in [7, 11) is 1.52. The van der Waals surface area contributed by atoms with Gasteiger partial charge in [0.15, 0.2) is 0 Å². The molecule has 1 aromatic heterocycles. The number of thioether (sulfide) groups is 1. The number of hydrogen-bond donors (Lipinski definition) is 1. The Bertz CT molecular complexity index is 1030. The van der Waals surface area contributed by atoms with E-state index in [1.165, 1.54) is 7.11 Å². The molecule has 3 aromatic rings. The molecule has 0 bridgehead atoms. The van der Waals surface area contributed by atoms with Gasteiger partial charge in [0.2, 0.25) is 5.91 Å². The largest absolute Gasteiger partial charge is 0.497 e. The maximum Gasteiger partial charge on any atom is 0.417 e. The van der Waals surface area contributed by atoms with E-state index in [1.54, 1.807) is 54.6 Å². The number of hydrogen-bond acceptors (Lipinski definition) is 4. The Morgan fingerprint density at radius 3 is 2.50 bits per heavy atom. The van der Waals surface area contributed by atoms with Crippen molar-refractivity contribution in [2.24, 2.45) is 0 Å². The van der Waals surface area contributed by atoms with Crippen LogP contribution < -0.4 is 10.1 Å². The molecule has 3 rings (SSSR count). The summed E-state index contributed by atoms with van der Waals surface area (Å²) in [6, 6.07) is 16.5. The molecular weight excluding hydrogens is 437 g/mol. The number of alkyl halides is 3. The third kappa shape index (κ3) is 5.46. The second-order valence-electron chi connectivity index (χ2n) is 6.14. The Balaban J connectivity index is 1.89. The first-order chi connectivity index (χ1) is 14.3. The molecule has 0 saturated heterocycles. The number of methoxy groups -OCH3 is 1. The number of benzene rings is 2. The second-order valence-corrected chi connectivity index (χ2v) is 7.64. The molecular formula is C21H16ClF3N2O2S. The third-order valence-electron chi connectivity index (χ3n) is 4.04. The molecule has 9 heteroatoms. The molecule has 0 spiro atoms. The summed E-state index contributed by atoms with van der Waals surface area (Å²) in [5.41, 5.74) is 0.224. The minimum Gasteiger partial charge on any atom is -0.497 e. The molecule has 1 amide bonds. The van der Waals surface area contributed by atoms with Gasteiger partial charge in [-0.15, -0.1) is 0 Å². The van der Waals surface area contributed by atoms with Gasteiger partial charge in [0.25, 0.3) is 0 Å². The average Bonchev–Trinajstić information content (AvgIpc) is 2.72. The molecule has 0 aliphatic rings. The maximum absolute atomic E-state index is 13.0. The zero-order valence-electron chi connectivity index (χ0n) is 15.6. The Morgan fingerprint density at radius 2 is 1.87 bits per heavy atom. The van der Waals surface area contributed by atoms with Crippen LogP contribution in [0.5, 0.6) is 5.75 Å². The number of halogens is 4. The van der Waals surface area contributed by atoms with Gasteiger partial charge in [-0.05, 0) is 23.8 Å². The Hall–Kier alpha value is -2.71. The van der Waals surface area contributed by atoms with E-state index in [-0.39, 0.29) is 16.0 Å². The molecule has 30 heavy (non-hydrogen) atoms. The van der Waals surface area contributed by atoms with E-state index in [0.717, 1.165) is 17.8 Å². The van der Waals surface area contributed by atoms with E-state index in [9.17, 15) is 18.0 Å². The van der Waals surface area contributed by atoms with E-state index < -0.39 is 17.0 Å². The van der Waals surface area contributed by atoms with Gasteiger partial charge in [0, 0.05) is 18.0 Å². The highest BCUT2D eigenvalue weighted by Gasteiger charge is 2.32. The lowest BCUT2D eigenvalue weighted by molar-refractivity contribution is -0.137. The standard InChI is InChI=1S/C21H16ClF3N2O2S/c1-29-16-9-5-8-15(11-16)27-19(28)18(13-6-3-2-4-7-13)30-20-17(22)10-14(12-26-20)21(23,24)25/h2-12,18H,1H3,(H,27,28)/t18-/m0/s1. The SMILES string of the molecule is COc1cccc(NC(=O)[C@@H](Sc2ncc(C(F)(F)F)cc2Cl)c2ccccc2)c1. The first-order valence-corrected chi connectivity index (χ1v) is 9.93. The lowest BCUT2D eigenvalue weighted by atomic mass is 10.1. The highest BCUT2D eigenvalue weighted by molar-refractivity contribution is 8.00. The van der Waals surface area contributed by atoms with E-state index >= 15 is 0 Å². The molecule has 1 heterocycles. The van der Waals surface area contributed by atoms with Crippen molar-refractivity contribution < 1.29 is 22.7 Å². The first kappa shape index (κ1) is 22.0. The van der Waals surface area contributed by atoms with Gasteiger partial charge in [-0.1, -0.05) is 59.8 Å². The van der Waals surface area contributed by atoms with Crippen LogP contribution in [0.1, 0.15) is 16.4 Å². The first-order valence-electron chi connectivity index (χ1n) is 8.67. The number of carbonyl (C=O) groups is 1. The van der Waals surface area contributed by atoms with Crippen molar-refractivity contribution in [2.75, 3.05) is 12.4 Å². The summed E-state index contributed by atoms with van der Waals surface area (Å²) in [6.45, 7) is 0. The normalized spacial score (nSPS) is 12.3.